The lowest BCUT2D eigenvalue weighted by molar-refractivity contribution is -0.175. The second kappa shape index (κ2) is 8.84. The van der Waals surface area contributed by atoms with Gasteiger partial charge in [-0.1, -0.05) is 0 Å². The number of aliphatic hydroxyl groups is 7. The van der Waals surface area contributed by atoms with E-state index in [0.717, 1.165) is 0 Å². The van der Waals surface area contributed by atoms with Crippen LogP contribution in [-0.4, -0.2) is 103 Å². The van der Waals surface area contributed by atoms with Gasteiger partial charge in [0.2, 0.25) is 0 Å². The van der Waals surface area contributed by atoms with E-state index in [2.05, 4.69) is 4.74 Å². The van der Waals surface area contributed by atoms with Crippen molar-refractivity contribution in [3.05, 3.63) is 0 Å². The van der Waals surface area contributed by atoms with Crippen LogP contribution in [0.5, 0.6) is 0 Å². The van der Waals surface area contributed by atoms with Crippen LogP contribution >= 0.6 is 0 Å². The van der Waals surface area contributed by atoms with E-state index in [9.17, 15) is 24.9 Å². The van der Waals surface area contributed by atoms with Crippen LogP contribution in [0.2, 0.25) is 0 Å². The number of ether oxygens (including phenoxy) is 1. The largest absolute Gasteiger partial charge is 0.479 e. The van der Waals surface area contributed by atoms with Gasteiger partial charge in [-0.05, 0) is 0 Å². The Hall–Kier alpha value is -1.34. The molecule has 0 aromatic rings. The Morgan fingerprint density at radius 1 is 0.857 bits per heavy atom. The Morgan fingerprint density at radius 3 is 1.76 bits per heavy atom. The third-order valence-corrected chi connectivity index (χ3v) is 2.52. The van der Waals surface area contributed by atoms with E-state index in [-0.39, 0.29) is 0 Å². The SMILES string of the molecule is O=C(O)C(O)C(O)C(=O)OC[C@@H](O)[C@@H](O)[C@H](O)[C@H](O)CO. The second-order valence-corrected chi connectivity index (χ2v) is 4.16. The molecule has 0 aliphatic rings. The summed E-state index contributed by atoms with van der Waals surface area (Å²) in [5, 5.41) is 71.8. The van der Waals surface area contributed by atoms with E-state index in [0.29, 0.717) is 0 Å². The fourth-order valence-electron chi connectivity index (χ4n) is 1.18. The minimum absolute atomic E-state index is 0.895. The summed E-state index contributed by atoms with van der Waals surface area (Å²) in [6.07, 6.45) is -12.4. The molecule has 0 aromatic heterocycles. The average molecular weight is 314 g/mol. The first kappa shape index (κ1) is 19.7. The first-order valence-electron chi connectivity index (χ1n) is 5.72. The number of carboxylic acid groups (broad SMARTS) is 1. The normalized spacial score (nSPS) is 20.0. The maximum absolute atomic E-state index is 11.1. The third-order valence-electron chi connectivity index (χ3n) is 2.52. The zero-order valence-electron chi connectivity index (χ0n) is 10.7. The Balaban J connectivity index is 4.38. The fourth-order valence-corrected chi connectivity index (χ4v) is 1.18. The van der Waals surface area contributed by atoms with Gasteiger partial charge in [-0.25, -0.2) is 9.59 Å². The number of esters is 1. The molecule has 0 amide bonds. The molecule has 0 aromatic carbocycles. The molecule has 8 N–H and O–H groups in total. The Labute approximate surface area is 118 Å². The topological polar surface area (TPSA) is 205 Å². The highest BCUT2D eigenvalue weighted by Crippen LogP contribution is 2.06. The van der Waals surface area contributed by atoms with Gasteiger partial charge in [0, 0.05) is 0 Å². The van der Waals surface area contributed by atoms with E-state index in [1.165, 1.54) is 0 Å². The second-order valence-electron chi connectivity index (χ2n) is 4.16. The number of aliphatic carboxylic acids is 1. The van der Waals surface area contributed by atoms with Gasteiger partial charge in [-0.15, -0.1) is 0 Å². The molecule has 11 heteroatoms. The summed E-state index contributed by atoms with van der Waals surface area (Å²) in [7, 11) is 0. The first-order chi connectivity index (χ1) is 9.63. The zero-order chi connectivity index (χ0) is 16.7. The lowest BCUT2D eigenvalue weighted by Crippen LogP contribution is -2.48. The van der Waals surface area contributed by atoms with E-state index >= 15 is 0 Å². The minimum atomic E-state index is -2.43. The lowest BCUT2D eigenvalue weighted by Gasteiger charge is -2.25. The van der Waals surface area contributed by atoms with Gasteiger partial charge in [0.05, 0.1) is 6.61 Å². The molecule has 0 saturated carbocycles. The van der Waals surface area contributed by atoms with E-state index in [4.69, 9.17) is 25.5 Å². The molecular formula is C10H18O11. The molecular weight excluding hydrogens is 296 g/mol. The van der Waals surface area contributed by atoms with E-state index in [1.54, 1.807) is 0 Å². The van der Waals surface area contributed by atoms with Crippen LogP contribution in [0, 0.1) is 0 Å². The summed E-state index contributed by atoms with van der Waals surface area (Å²) < 4.78 is 4.24. The Bertz CT molecular complexity index is 346. The number of rotatable bonds is 9. The van der Waals surface area contributed by atoms with Gasteiger partial charge in [-0.3, -0.25) is 0 Å². The molecule has 0 radical (unpaired) electrons. The van der Waals surface area contributed by atoms with Crippen LogP contribution in [0.15, 0.2) is 0 Å². The molecule has 0 aliphatic carbocycles. The van der Waals surface area contributed by atoms with Gasteiger partial charge in [0.15, 0.2) is 12.2 Å². The summed E-state index contributed by atoms with van der Waals surface area (Å²) in [6.45, 7) is -1.85. The maximum Gasteiger partial charge on any atom is 0.338 e. The predicted molar refractivity (Wildman–Crippen MR) is 61.7 cm³/mol. The van der Waals surface area contributed by atoms with Crippen molar-refractivity contribution in [2.24, 2.45) is 0 Å². The molecule has 0 aliphatic heterocycles. The van der Waals surface area contributed by atoms with Crippen molar-refractivity contribution in [3.63, 3.8) is 0 Å². The quantitative estimate of drug-likeness (QED) is 0.189. The van der Waals surface area contributed by atoms with Crippen LogP contribution < -0.4 is 0 Å². The van der Waals surface area contributed by atoms with Crippen LogP contribution in [0.1, 0.15) is 0 Å². The maximum atomic E-state index is 11.1. The van der Waals surface area contributed by atoms with Crippen molar-refractivity contribution in [1.82, 2.24) is 0 Å². The molecule has 6 atom stereocenters. The molecule has 21 heavy (non-hydrogen) atoms. The molecule has 0 rings (SSSR count). The van der Waals surface area contributed by atoms with E-state index in [1.807, 2.05) is 0 Å². The molecule has 0 heterocycles. The van der Waals surface area contributed by atoms with Crippen molar-refractivity contribution in [2.45, 2.75) is 36.6 Å². The van der Waals surface area contributed by atoms with Crippen LogP contribution in [-0.2, 0) is 14.3 Å². The summed E-state index contributed by atoms with van der Waals surface area (Å²) in [4.78, 5) is 21.4. The van der Waals surface area contributed by atoms with Gasteiger partial charge in [0.25, 0.3) is 0 Å². The number of carbonyl (C=O) groups is 2. The smallest absolute Gasteiger partial charge is 0.338 e. The highest BCUT2D eigenvalue weighted by atomic mass is 16.6. The fraction of sp³-hybridized carbons (Fsp3) is 0.800. The molecule has 124 valence electrons. The van der Waals surface area contributed by atoms with Crippen LogP contribution in [0.4, 0.5) is 0 Å². The third kappa shape index (κ3) is 5.89. The standard InChI is InChI=1S/C10H18O11/c11-1-3(12)5(14)6(15)4(13)2-21-10(20)8(17)7(16)9(18)19/h3-8,11-17H,1-2H2,(H,18,19)/t3-,4-,5-,6-,7?,8?/m1/s1. The monoisotopic (exact) mass is 314 g/mol. The molecule has 0 spiro atoms. The van der Waals surface area contributed by atoms with Crippen LogP contribution in [0.25, 0.3) is 0 Å². The summed E-state index contributed by atoms with van der Waals surface area (Å²) >= 11 is 0. The zero-order valence-corrected chi connectivity index (χ0v) is 10.7. The predicted octanol–water partition coefficient (Wildman–Crippen LogP) is -5.23. The van der Waals surface area contributed by atoms with Gasteiger partial charge >= 0.3 is 11.9 Å². The Kier molecular flexibility index (Phi) is 8.27. The molecule has 0 saturated heterocycles. The summed E-state index contributed by atoms with van der Waals surface area (Å²) in [6, 6.07) is 0. The summed E-state index contributed by atoms with van der Waals surface area (Å²) in [5.41, 5.74) is 0. The highest BCUT2D eigenvalue weighted by Gasteiger charge is 2.34. The molecule has 0 bridgehead atoms. The minimum Gasteiger partial charge on any atom is -0.479 e. The number of carbonyl (C=O) groups excluding carboxylic acids is 1. The van der Waals surface area contributed by atoms with Crippen molar-refractivity contribution in [3.8, 4) is 0 Å². The molecule has 11 nitrogen and oxygen atoms in total. The van der Waals surface area contributed by atoms with Crippen molar-refractivity contribution >= 4 is 11.9 Å². The number of hydrogen-bond acceptors (Lipinski definition) is 10. The first-order valence-corrected chi connectivity index (χ1v) is 5.72. The summed E-state index contributed by atoms with van der Waals surface area (Å²) in [5.74, 6) is -3.45. The van der Waals surface area contributed by atoms with Crippen molar-refractivity contribution < 1.29 is 55.2 Å². The number of hydrogen-bond donors (Lipinski definition) is 8. The van der Waals surface area contributed by atoms with Crippen molar-refractivity contribution in [1.29, 1.82) is 0 Å². The van der Waals surface area contributed by atoms with E-state index < -0.39 is 61.8 Å². The van der Waals surface area contributed by atoms with Gasteiger partial charge in [0.1, 0.15) is 31.0 Å². The number of carboxylic acids is 1. The Morgan fingerprint density at radius 2 is 1.33 bits per heavy atom. The number of aliphatic hydroxyl groups excluding tert-OH is 7. The van der Waals surface area contributed by atoms with Crippen LogP contribution in [0.3, 0.4) is 0 Å². The molecule has 2 unspecified atom stereocenters. The van der Waals surface area contributed by atoms with Gasteiger partial charge < -0.3 is 45.6 Å². The van der Waals surface area contributed by atoms with Crippen molar-refractivity contribution in [2.75, 3.05) is 13.2 Å². The average Bonchev–Trinajstić information content (AvgIpc) is 2.47. The van der Waals surface area contributed by atoms with Gasteiger partial charge in [-0.2, -0.15) is 0 Å². The lowest BCUT2D eigenvalue weighted by atomic mass is 10.0. The highest BCUT2D eigenvalue weighted by molar-refractivity contribution is 5.84. The molecule has 0 fully saturated rings.